The van der Waals surface area contributed by atoms with Crippen LogP contribution in [0.4, 0.5) is 0 Å². The third-order valence-electron chi connectivity index (χ3n) is 5.84. The maximum atomic E-state index is 12.5. The number of methoxy groups -OCH3 is 1. The number of rotatable bonds is 5. The zero-order valence-corrected chi connectivity index (χ0v) is 14.3. The van der Waals surface area contributed by atoms with E-state index in [2.05, 4.69) is 17.4 Å². The van der Waals surface area contributed by atoms with E-state index in [1.807, 2.05) is 12.1 Å². The first-order valence-corrected chi connectivity index (χ1v) is 9.16. The second kappa shape index (κ2) is 7.37. The summed E-state index contributed by atoms with van der Waals surface area (Å²) in [6.45, 7) is 0.786. The quantitative estimate of drug-likeness (QED) is 0.884. The van der Waals surface area contributed by atoms with Gasteiger partial charge >= 0.3 is 0 Å². The van der Waals surface area contributed by atoms with E-state index in [0.29, 0.717) is 0 Å². The molecular formula is C20H29NO2. The molecule has 1 amide bonds. The van der Waals surface area contributed by atoms with Crippen LogP contribution in [0.5, 0.6) is 5.75 Å². The molecule has 0 atom stereocenters. The summed E-state index contributed by atoms with van der Waals surface area (Å²) in [4.78, 5) is 12.5. The Hall–Kier alpha value is -1.51. The molecule has 1 aromatic carbocycles. The van der Waals surface area contributed by atoms with Gasteiger partial charge in [0.05, 0.1) is 7.11 Å². The van der Waals surface area contributed by atoms with Gasteiger partial charge in [-0.1, -0.05) is 44.2 Å². The largest absolute Gasteiger partial charge is 0.497 e. The maximum Gasteiger partial charge on any atom is 0.223 e. The van der Waals surface area contributed by atoms with Gasteiger partial charge < -0.3 is 10.1 Å². The molecule has 0 heterocycles. The van der Waals surface area contributed by atoms with Crippen LogP contribution in [0, 0.1) is 5.92 Å². The van der Waals surface area contributed by atoms with Crippen molar-refractivity contribution in [2.45, 2.75) is 63.2 Å². The topological polar surface area (TPSA) is 38.3 Å². The first-order chi connectivity index (χ1) is 11.2. The molecule has 0 spiro atoms. The fourth-order valence-corrected chi connectivity index (χ4v) is 4.33. The lowest BCUT2D eigenvalue weighted by Gasteiger charge is -2.31. The minimum atomic E-state index is 0.122. The highest BCUT2D eigenvalue weighted by Crippen LogP contribution is 2.41. The Morgan fingerprint density at radius 2 is 1.74 bits per heavy atom. The number of carbonyl (C=O) groups is 1. The maximum absolute atomic E-state index is 12.5. The van der Waals surface area contributed by atoms with Crippen molar-refractivity contribution >= 4 is 5.91 Å². The molecule has 3 rings (SSSR count). The molecule has 0 unspecified atom stereocenters. The van der Waals surface area contributed by atoms with Gasteiger partial charge in [0.1, 0.15) is 5.75 Å². The Morgan fingerprint density at radius 3 is 2.35 bits per heavy atom. The second-order valence-electron chi connectivity index (χ2n) is 7.27. The van der Waals surface area contributed by atoms with Crippen molar-refractivity contribution in [1.29, 1.82) is 0 Å². The van der Waals surface area contributed by atoms with Gasteiger partial charge in [0.25, 0.3) is 0 Å². The van der Waals surface area contributed by atoms with Crippen LogP contribution in [0.3, 0.4) is 0 Å². The number of hydrogen-bond acceptors (Lipinski definition) is 2. The van der Waals surface area contributed by atoms with Gasteiger partial charge in [-0.25, -0.2) is 0 Å². The van der Waals surface area contributed by atoms with Gasteiger partial charge in [0, 0.05) is 17.9 Å². The highest BCUT2D eigenvalue weighted by Gasteiger charge is 2.36. The molecule has 0 saturated heterocycles. The van der Waals surface area contributed by atoms with Gasteiger partial charge in [-0.2, -0.15) is 0 Å². The zero-order chi connectivity index (χ0) is 16.1. The van der Waals surface area contributed by atoms with Crippen LogP contribution in [0.25, 0.3) is 0 Å². The minimum Gasteiger partial charge on any atom is -0.497 e. The van der Waals surface area contributed by atoms with E-state index in [-0.39, 0.29) is 17.2 Å². The molecule has 2 fully saturated rings. The van der Waals surface area contributed by atoms with Crippen LogP contribution in [0.1, 0.15) is 63.4 Å². The summed E-state index contributed by atoms with van der Waals surface area (Å²) in [5.41, 5.74) is 1.47. The van der Waals surface area contributed by atoms with Crippen molar-refractivity contribution in [2.75, 3.05) is 13.7 Å². The van der Waals surface area contributed by atoms with Gasteiger partial charge in [0.2, 0.25) is 5.91 Å². The van der Waals surface area contributed by atoms with Crippen LogP contribution < -0.4 is 10.1 Å². The van der Waals surface area contributed by atoms with Crippen molar-refractivity contribution in [1.82, 2.24) is 5.32 Å². The van der Waals surface area contributed by atoms with Gasteiger partial charge in [0.15, 0.2) is 0 Å². The van der Waals surface area contributed by atoms with E-state index in [9.17, 15) is 4.79 Å². The molecule has 2 saturated carbocycles. The first kappa shape index (κ1) is 16.4. The number of hydrogen-bond donors (Lipinski definition) is 1. The average Bonchev–Trinajstić information content (AvgIpc) is 3.11. The zero-order valence-electron chi connectivity index (χ0n) is 14.3. The van der Waals surface area contributed by atoms with Crippen LogP contribution in [-0.4, -0.2) is 19.6 Å². The Morgan fingerprint density at radius 1 is 1.09 bits per heavy atom. The number of carbonyl (C=O) groups excluding carboxylic acids is 1. The Bertz CT molecular complexity index is 511. The standard InChI is InChI=1S/C20H29NO2/c1-23-18-11-9-17(10-12-18)20(13-5-6-14-20)15-21-19(22)16-7-3-2-4-8-16/h9-12,16H,2-8,13-15H2,1H3,(H,21,22). The minimum absolute atomic E-state index is 0.122. The van der Waals surface area contributed by atoms with Crippen LogP contribution in [0.2, 0.25) is 0 Å². The third-order valence-corrected chi connectivity index (χ3v) is 5.84. The van der Waals surface area contributed by atoms with Crippen molar-refractivity contribution in [3.05, 3.63) is 29.8 Å². The van der Waals surface area contributed by atoms with Gasteiger partial charge in [-0.3, -0.25) is 4.79 Å². The molecule has 0 radical (unpaired) electrons. The molecule has 2 aliphatic carbocycles. The summed E-state index contributed by atoms with van der Waals surface area (Å²) in [6.07, 6.45) is 10.7. The predicted molar refractivity (Wildman–Crippen MR) is 92.7 cm³/mol. The molecule has 3 nitrogen and oxygen atoms in total. The van der Waals surface area contributed by atoms with E-state index in [1.54, 1.807) is 7.11 Å². The van der Waals surface area contributed by atoms with E-state index >= 15 is 0 Å². The first-order valence-electron chi connectivity index (χ1n) is 9.16. The second-order valence-corrected chi connectivity index (χ2v) is 7.27. The van der Waals surface area contributed by atoms with Crippen molar-refractivity contribution in [3.8, 4) is 5.75 Å². The summed E-state index contributed by atoms with van der Waals surface area (Å²) in [6, 6.07) is 8.44. The molecule has 0 aliphatic heterocycles. The molecule has 126 valence electrons. The van der Waals surface area contributed by atoms with Crippen LogP contribution in [-0.2, 0) is 10.2 Å². The Kier molecular flexibility index (Phi) is 5.24. The molecular weight excluding hydrogens is 286 g/mol. The number of benzene rings is 1. The fourth-order valence-electron chi connectivity index (χ4n) is 4.33. The predicted octanol–water partition coefficient (Wildman–Crippen LogP) is 4.20. The molecule has 1 aromatic rings. The van der Waals surface area contributed by atoms with E-state index in [4.69, 9.17) is 4.74 Å². The monoisotopic (exact) mass is 315 g/mol. The van der Waals surface area contributed by atoms with E-state index in [0.717, 1.165) is 25.1 Å². The van der Waals surface area contributed by atoms with Gasteiger partial charge in [-0.05, 0) is 43.4 Å². The molecule has 1 N–H and O–H groups in total. The Labute approximate surface area is 139 Å². The third kappa shape index (κ3) is 3.70. The highest BCUT2D eigenvalue weighted by molar-refractivity contribution is 5.78. The lowest BCUT2D eigenvalue weighted by molar-refractivity contribution is -0.126. The number of amides is 1. The normalized spacial score (nSPS) is 21.1. The highest BCUT2D eigenvalue weighted by atomic mass is 16.5. The Balaban J connectivity index is 1.66. The van der Waals surface area contributed by atoms with Gasteiger partial charge in [-0.15, -0.1) is 0 Å². The average molecular weight is 315 g/mol. The van der Waals surface area contributed by atoms with Crippen LogP contribution >= 0.6 is 0 Å². The molecule has 0 aromatic heterocycles. The fraction of sp³-hybridized carbons (Fsp3) is 0.650. The summed E-state index contributed by atoms with van der Waals surface area (Å²) < 4.78 is 5.27. The van der Waals surface area contributed by atoms with Crippen molar-refractivity contribution < 1.29 is 9.53 Å². The molecule has 23 heavy (non-hydrogen) atoms. The van der Waals surface area contributed by atoms with Crippen molar-refractivity contribution in [3.63, 3.8) is 0 Å². The molecule has 3 heteroatoms. The lowest BCUT2D eigenvalue weighted by atomic mass is 9.78. The van der Waals surface area contributed by atoms with Crippen molar-refractivity contribution in [2.24, 2.45) is 5.92 Å². The number of ether oxygens (including phenoxy) is 1. The van der Waals surface area contributed by atoms with E-state index in [1.165, 1.54) is 50.5 Å². The summed E-state index contributed by atoms with van der Waals surface area (Å²) in [7, 11) is 1.70. The molecule has 2 aliphatic rings. The lowest BCUT2D eigenvalue weighted by Crippen LogP contribution is -2.41. The number of nitrogens with one attached hydrogen (secondary N) is 1. The van der Waals surface area contributed by atoms with E-state index < -0.39 is 0 Å². The van der Waals surface area contributed by atoms with Crippen LogP contribution in [0.15, 0.2) is 24.3 Å². The smallest absolute Gasteiger partial charge is 0.223 e. The SMILES string of the molecule is COc1ccc(C2(CNC(=O)C3CCCCC3)CCCC2)cc1. The molecule has 0 bridgehead atoms. The summed E-state index contributed by atoms with van der Waals surface area (Å²) in [5, 5.41) is 3.29. The summed E-state index contributed by atoms with van der Waals surface area (Å²) >= 11 is 0. The summed E-state index contributed by atoms with van der Waals surface area (Å²) in [5.74, 6) is 1.43.